The Morgan fingerprint density at radius 1 is 1.36 bits per heavy atom. The molecule has 1 aromatic heterocycles. The topological polar surface area (TPSA) is 58.5 Å². The third-order valence-electron chi connectivity index (χ3n) is 3.57. The molecule has 2 aromatic rings. The van der Waals surface area contributed by atoms with Crippen LogP contribution in [0, 0.1) is 12.7 Å². The summed E-state index contributed by atoms with van der Waals surface area (Å²) in [6, 6.07) is 8.85. The molecule has 0 aliphatic carbocycles. The molecule has 0 amide bonds. The van der Waals surface area contributed by atoms with Crippen LogP contribution in [-0.4, -0.2) is 31.1 Å². The fourth-order valence-corrected chi connectivity index (χ4v) is 2.13. The predicted molar refractivity (Wildman–Crippen MR) is 109 cm³/mol. The quantitative estimate of drug-likeness (QED) is 0.302. The van der Waals surface area contributed by atoms with E-state index in [-0.39, 0.29) is 35.8 Å². The number of guanidine groups is 1. The molecule has 0 aliphatic heterocycles. The average Bonchev–Trinajstić information content (AvgIpc) is 2.60. The van der Waals surface area contributed by atoms with Crippen LogP contribution in [0.3, 0.4) is 0 Å². The van der Waals surface area contributed by atoms with Crippen molar-refractivity contribution < 1.29 is 9.13 Å². The zero-order valence-electron chi connectivity index (χ0n) is 14.6. The van der Waals surface area contributed by atoms with Gasteiger partial charge in [-0.2, -0.15) is 0 Å². The number of pyridine rings is 1. The van der Waals surface area contributed by atoms with Gasteiger partial charge in [0.25, 0.3) is 0 Å². The second-order valence-electron chi connectivity index (χ2n) is 5.41. The summed E-state index contributed by atoms with van der Waals surface area (Å²) < 4.78 is 19.2. The minimum absolute atomic E-state index is 0. The van der Waals surface area contributed by atoms with E-state index in [1.54, 1.807) is 38.5 Å². The maximum Gasteiger partial charge on any atom is 0.191 e. The SMILES string of the molecule is CN=C(NCCOc1cccnc1)NC(C)c1ccc(C)c(F)c1.I. The van der Waals surface area contributed by atoms with Gasteiger partial charge in [0.05, 0.1) is 18.8 Å². The van der Waals surface area contributed by atoms with Gasteiger partial charge in [0.15, 0.2) is 5.96 Å². The maximum atomic E-state index is 13.7. The van der Waals surface area contributed by atoms with Crippen LogP contribution in [0.25, 0.3) is 0 Å². The molecule has 1 unspecified atom stereocenters. The van der Waals surface area contributed by atoms with E-state index in [0.29, 0.717) is 24.7 Å². The molecule has 1 aromatic carbocycles. The Kier molecular flexibility index (Phi) is 9.18. The number of nitrogens with one attached hydrogen (secondary N) is 2. The van der Waals surface area contributed by atoms with Crippen LogP contribution in [0.1, 0.15) is 24.1 Å². The van der Waals surface area contributed by atoms with Crippen LogP contribution < -0.4 is 15.4 Å². The summed E-state index contributed by atoms with van der Waals surface area (Å²) in [6.45, 7) is 4.78. The predicted octanol–water partition coefficient (Wildman–Crippen LogP) is 3.45. The van der Waals surface area contributed by atoms with E-state index in [9.17, 15) is 4.39 Å². The molecule has 0 bridgehead atoms. The van der Waals surface area contributed by atoms with Gasteiger partial charge in [0, 0.05) is 13.2 Å². The molecular formula is C18H24FIN4O. The van der Waals surface area contributed by atoms with Crippen LogP contribution in [0.5, 0.6) is 5.75 Å². The summed E-state index contributed by atoms with van der Waals surface area (Å²) in [6.07, 6.45) is 3.37. The Labute approximate surface area is 165 Å². The summed E-state index contributed by atoms with van der Waals surface area (Å²) in [5, 5.41) is 6.40. The number of aromatic nitrogens is 1. The van der Waals surface area contributed by atoms with Gasteiger partial charge in [-0.3, -0.25) is 9.98 Å². The molecule has 0 saturated carbocycles. The first-order valence-electron chi connectivity index (χ1n) is 7.86. The second kappa shape index (κ2) is 10.9. The number of ether oxygens (including phenoxy) is 1. The summed E-state index contributed by atoms with van der Waals surface area (Å²) in [4.78, 5) is 8.16. The lowest BCUT2D eigenvalue weighted by molar-refractivity contribution is 0.320. The Morgan fingerprint density at radius 2 is 2.16 bits per heavy atom. The fourth-order valence-electron chi connectivity index (χ4n) is 2.13. The molecule has 5 nitrogen and oxygen atoms in total. The lowest BCUT2D eigenvalue weighted by Gasteiger charge is -2.18. The molecule has 2 N–H and O–H groups in total. The van der Waals surface area contributed by atoms with Gasteiger partial charge in [0.1, 0.15) is 18.2 Å². The molecule has 0 fully saturated rings. The van der Waals surface area contributed by atoms with Crippen LogP contribution in [0.4, 0.5) is 4.39 Å². The Balaban J connectivity index is 0.00000312. The number of hydrogen-bond acceptors (Lipinski definition) is 3. The number of aliphatic imine (C=N–C) groups is 1. The monoisotopic (exact) mass is 458 g/mol. The molecule has 0 radical (unpaired) electrons. The van der Waals surface area contributed by atoms with Crippen molar-refractivity contribution in [1.82, 2.24) is 15.6 Å². The van der Waals surface area contributed by atoms with Crippen molar-refractivity contribution >= 4 is 29.9 Å². The minimum atomic E-state index is -0.200. The van der Waals surface area contributed by atoms with Crippen molar-refractivity contribution in [3.8, 4) is 5.75 Å². The molecule has 0 spiro atoms. The minimum Gasteiger partial charge on any atom is -0.490 e. The van der Waals surface area contributed by atoms with Crippen LogP contribution in [0.2, 0.25) is 0 Å². The van der Waals surface area contributed by atoms with E-state index in [0.717, 1.165) is 11.3 Å². The molecule has 0 aliphatic rings. The largest absolute Gasteiger partial charge is 0.490 e. The van der Waals surface area contributed by atoms with E-state index in [1.165, 1.54) is 0 Å². The van der Waals surface area contributed by atoms with E-state index in [2.05, 4.69) is 20.6 Å². The summed E-state index contributed by atoms with van der Waals surface area (Å²) in [7, 11) is 1.69. The highest BCUT2D eigenvalue weighted by molar-refractivity contribution is 14.0. The zero-order chi connectivity index (χ0) is 17.4. The standard InChI is InChI=1S/C18H23FN4O.HI/c1-13-6-7-15(11-17(13)19)14(2)23-18(20-3)22-9-10-24-16-5-4-8-21-12-16;/h4-8,11-12,14H,9-10H2,1-3H3,(H2,20,22,23);1H. The molecule has 25 heavy (non-hydrogen) atoms. The number of hydrogen-bond donors (Lipinski definition) is 2. The van der Waals surface area contributed by atoms with Gasteiger partial charge in [-0.05, 0) is 43.2 Å². The first kappa shape index (κ1) is 21.1. The Hall–Kier alpha value is -1.90. The second-order valence-corrected chi connectivity index (χ2v) is 5.41. The number of aryl methyl sites for hydroxylation is 1. The molecular weight excluding hydrogens is 434 g/mol. The normalized spacial score (nSPS) is 12.1. The number of nitrogens with zero attached hydrogens (tertiary/aromatic N) is 2. The molecule has 1 heterocycles. The van der Waals surface area contributed by atoms with E-state index in [1.807, 2.05) is 25.1 Å². The van der Waals surface area contributed by atoms with Crippen molar-refractivity contribution in [2.24, 2.45) is 4.99 Å². The molecule has 7 heteroatoms. The highest BCUT2D eigenvalue weighted by Gasteiger charge is 2.09. The molecule has 136 valence electrons. The summed E-state index contributed by atoms with van der Waals surface area (Å²) >= 11 is 0. The van der Waals surface area contributed by atoms with Gasteiger partial charge in [-0.15, -0.1) is 24.0 Å². The van der Waals surface area contributed by atoms with Gasteiger partial charge < -0.3 is 15.4 Å². The van der Waals surface area contributed by atoms with Crippen molar-refractivity contribution in [2.45, 2.75) is 19.9 Å². The van der Waals surface area contributed by atoms with Crippen molar-refractivity contribution in [3.05, 3.63) is 59.7 Å². The Bertz CT molecular complexity index is 682. The van der Waals surface area contributed by atoms with Gasteiger partial charge in [-0.25, -0.2) is 4.39 Å². The fraction of sp³-hybridized carbons (Fsp3) is 0.333. The third kappa shape index (κ3) is 6.85. The number of halogens is 2. The first-order valence-corrected chi connectivity index (χ1v) is 7.86. The Morgan fingerprint density at radius 3 is 2.80 bits per heavy atom. The molecule has 2 rings (SSSR count). The number of rotatable bonds is 6. The molecule has 1 atom stereocenters. The van der Waals surface area contributed by atoms with Crippen molar-refractivity contribution in [3.63, 3.8) is 0 Å². The van der Waals surface area contributed by atoms with E-state index >= 15 is 0 Å². The van der Waals surface area contributed by atoms with Crippen LogP contribution >= 0.6 is 24.0 Å². The van der Waals surface area contributed by atoms with E-state index in [4.69, 9.17) is 4.74 Å². The van der Waals surface area contributed by atoms with Gasteiger partial charge in [-0.1, -0.05) is 12.1 Å². The summed E-state index contributed by atoms with van der Waals surface area (Å²) in [5.41, 5.74) is 1.51. The first-order chi connectivity index (χ1) is 11.6. The zero-order valence-corrected chi connectivity index (χ0v) is 17.0. The van der Waals surface area contributed by atoms with Crippen molar-refractivity contribution in [2.75, 3.05) is 20.2 Å². The molecule has 0 saturated heterocycles. The highest BCUT2D eigenvalue weighted by atomic mass is 127. The van der Waals surface area contributed by atoms with Crippen molar-refractivity contribution in [1.29, 1.82) is 0 Å². The summed E-state index contributed by atoms with van der Waals surface area (Å²) in [5.74, 6) is 1.16. The lowest BCUT2D eigenvalue weighted by atomic mass is 10.1. The number of benzene rings is 1. The van der Waals surface area contributed by atoms with Gasteiger partial charge in [0.2, 0.25) is 0 Å². The highest BCUT2D eigenvalue weighted by Crippen LogP contribution is 2.16. The van der Waals surface area contributed by atoms with E-state index < -0.39 is 0 Å². The smallest absolute Gasteiger partial charge is 0.191 e. The van der Waals surface area contributed by atoms with Gasteiger partial charge >= 0.3 is 0 Å². The average molecular weight is 458 g/mol. The maximum absolute atomic E-state index is 13.7. The van der Waals surface area contributed by atoms with Crippen LogP contribution in [-0.2, 0) is 0 Å². The van der Waals surface area contributed by atoms with Crippen LogP contribution in [0.15, 0.2) is 47.7 Å². The lowest BCUT2D eigenvalue weighted by Crippen LogP contribution is -2.40. The third-order valence-corrected chi connectivity index (χ3v) is 3.57.